The first-order valence-corrected chi connectivity index (χ1v) is 7.03. The average molecular weight is 268 g/mol. The maximum Gasteiger partial charge on any atom is 0.319 e. The van der Waals surface area contributed by atoms with E-state index in [-0.39, 0.29) is 12.6 Å². The van der Waals surface area contributed by atoms with Gasteiger partial charge in [0.15, 0.2) is 0 Å². The van der Waals surface area contributed by atoms with Gasteiger partial charge in [0.1, 0.15) is 0 Å². The van der Waals surface area contributed by atoms with Crippen molar-refractivity contribution >= 4 is 23.5 Å². The van der Waals surface area contributed by atoms with Gasteiger partial charge in [-0.2, -0.15) is 0 Å². The van der Waals surface area contributed by atoms with Crippen LogP contribution < -0.4 is 10.6 Å². The minimum atomic E-state index is -0.421. The highest BCUT2D eigenvalue weighted by molar-refractivity contribution is 7.98. The number of rotatable bonds is 5. The number of hydrogen-bond donors (Lipinski definition) is 3. The van der Waals surface area contributed by atoms with Gasteiger partial charge in [-0.15, -0.1) is 11.8 Å². The quantitative estimate of drug-likeness (QED) is 0.720. The van der Waals surface area contributed by atoms with E-state index in [4.69, 9.17) is 5.11 Å². The fraction of sp³-hybridized carbons (Fsp3) is 0.462. The van der Waals surface area contributed by atoms with Crippen LogP contribution in [0.5, 0.6) is 0 Å². The zero-order valence-electron chi connectivity index (χ0n) is 11.0. The summed E-state index contributed by atoms with van der Waals surface area (Å²) in [5.74, 6) is 0. The van der Waals surface area contributed by atoms with Crippen LogP contribution in [0, 0.1) is 0 Å². The summed E-state index contributed by atoms with van der Waals surface area (Å²) >= 11 is 1.63. The molecule has 0 aliphatic heterocycles. The molecular weight excluding hydrogens is 248 g/mol. The minimum absolute atomic E-state index is 0.0508. The summed E-state index contributed by atoms with van der Waals surface area (Å²) in [6, 6.07) is 7.40. The van der Waals surface area contributed by atoms with Crippen molar-refractivity contribution in [1.82, 2.24) is 5.32 Å². The fourth-order valence-electron chi connectivity index (χ4n) is 1.51. The molecule has 1 aromatic carbocycles. The van der Waals surface area contributed by atoms with E-state index in [1.165, 1.54) is 0 Å². The summed E-state index contributed by atoms with van der Waals surface area (Å²) in [7, 11) is 0. The summed E-state index contributed by atoms with van der Waals surface area (Å²) in [6.45, 7) is 3.80. The predicted molar refractivity (Wildman–Crippen MR) is 76.2 cm³/mol. The molecule has 0 aliphatic carbocycles. The Morgan fingerprint density at radius 1 is 1.44 bits per heavy atom. The number of benzene rings is 1. The Kier molecular flexibility index (Phi) is 5.50. The molecule has 4 nitrogen and oxygen atoms in total. The van der Waals surface area contributed by atoms with Crippen molar-refractivity contribution in [2.24, 2.45) is 0 Å². The van der Waals surface area contributed by atoms with Crippen LogP contribution in [0.4, 0.5) is 10.5 Å². The average Bonchev–Trinajstić information content (AvgIpc) is 2.28. The molecule has 0 saturated carbocycles. The normalized spacial score (nSPS) is 11.1. The molecule has 1 aromatic rings. The summed E-state index contributed by atoms with van der Waals surface area (Å²) in [5, 5.41) is 14.5. The molecule has 0 spiro atoms. The highest BCUT2D eigenvalue weighted by Crippen LogP contribution is 2.19. The van der Waals surface area contributed by atoms with Crippen LogP contribution in [-0.4, -0.2) is 29.5 Å². The summed E-state index contributed by atoms with van der Waals surface area (Å²) in [6.07, 6.45) is 2.51. The number of thioether (sulfide) groups is 1. The van der Waals surface area contributed by atoms with Crippen LogP contribution in [-0.2, 0) is 0 Å². The van der Waals surface area contributed by atoms with E-state index in [1.807, 2.05) is 44.4 Å². The first kappa shape index (κ1) is 14.9. The Bertz CT molecular complexity index is 408. The first-order valence-electron chi connectivity index (χ1n) is 5.81. The van der Waals surface area contributed by atoms with Gasteiger partial charge in [-0.25, -0.2) is 4.79 Å². The topological polar surface area (TPSA) is 61.4 Å². The fourth-order valence-corrected chi connectivity index (χ4v) is 1.97. The number of amides is 2. The molecule has 3 N–H and O–H groups in total. The third kappa shape index (κ3) is 4.98. The van der Waals surface area contributed by atoms with Crippen LogP contribution in [0.1, 0.15) is 20.3 Å². The molecule has 0 heterocycles. The van der Waals surface area contributed by atoms with Crippen molar-refractivity contribution in [2.75, 3.05) is 18.2 Å². The summed E-state index contributed by atoms with van der Waals surface area (Å²) in [5.41, 5.74) is 0.342. The second-order valence-corrected chi connectivity index (χ2v) is 5.55. The van der Waals surface area contributed by atoms with Crippen LogP contribution in [0.2, 0.25) is 0 Å². The molecule has 0 atom stereocenters. The maximum absolute atomic E-state index is 11.8. The second kappa shape index (κ2) is 6.66. The third-order valence-electron chi connectivity index (χ3n) is 2.52. The molecule has 2 amide bonds. The highest BCUT2D eigenvalue weighted by Gasteiger charge is 2.19. The molecule has 0 fully saturated rings. The van der Waals surface area contributed by atoms with Crippen molar-refractivity contribution in [3.05, 3.63) is 24.3 Å². The Morgan fingerprint density at radius 3 is 2.78 bits per heavy atom. The van der Waals surface area contributed by atoms with E-state index in [9.17, 15) is 4.79 Å². The zero-order chi connectivity index (χ0) is 13.6. The van der Waals surface area contributed by atoms with Gasteiger partial charge >= 0.3 is 6.03 Å². The molecule has 1 rings (SSSR count). The lowest BCUT2D eigenvalue weighted by atomic mass is 10.0. The zero-order valence-corrected chi connectivity index (χ0v) is 11.8. The van der Waals surface area contributed by atoms with E-state index < -0.39 is 5.54 Å². The van der Waals surface area contributed by atoms with E-state index in [0.29, 0.717) is 6.42 Å². The maximum atomic E-state index is 11.8. The van der Waals surface area contributed by atoms with Gasteiger partial charge in [0.05, 0.1) is 0 Å². The molecule has 0 aromatic heterocycles. The van der Waals surface area contributed by atoms with E-state index in [1.54, 1.807) is 11.8 Å². The van der Waals surface area contributed by atoms with Gasteiger partial charge in [0.25, 0.3) is 0 Å². The lowest BCUT2D eigenvalue weighted by Gasteiger charge is -2.25. The van der Waals surface area contributed by atoms with Crippen molar-refractivity contribution in [2.45, 2.75) is 30.7 Å². The Morgan fingerprint density at radius 2 is 2.17 bits per heavy atom. The number of carbonyl (C=O) groups is 1. The van der Waals surface area contributed by atoms with E-state index >= 15 is 0 Å². The molecule has 0 bridgehead atoms. The molecule has 0 aliphatic rings. The lowest BCUT2D eigenvalue weighted by Crippen LogP contribution is -2.46. The Balaban J connectivity index is 2.59. The van der Waals surface area contributed by atoms with Gasteiger partial charge in [-0.1, -0.05) is 6.07 Å². The largest absolute Gasteiger partial charge is 0.396 e. The number of aliphatic hydroxyl groups excluding tert-OH is 1. The number of carbonyl (C=O) groups excluding carboxylic acids is 1. The van der Waals surface area contributed by atoms with Gasteiger partial charge in [-0.05, 0) is 44.7 Å². The third-order valence-corrected chi connectivity index (χ3v) is 3.24. The number of urea groups is 1. The van der Waals surface area contributed by atoms with Crippen LogP contribution in [0.3, 0.4) is 0 Å². The Hall–Kier alpha value is -1.20. The SMILES string of the molecule is CSc1cccc(NC(=O)NC(C)(C)CCO)c1. The second-order valence-electron chi connectivity index (χ2n) is 4.67. The van der Waals surface area contributed by atoms with Gasteiger partial charge in [0.2, 0.25) is 0 Å². The van der Waals surface area contributed by atoms with Crippen molar-refractivity contribution in [3.63, 3.8) is 0 Å². The van der Waals surface area contributed by atoms with Crippen molar-refractivity contribution < 1.29 is 9.90 Å². The number of anilines is 1. The van der Waals surface area contributed by atoms with Crippen molar-refractivity contribution in [3.8, 4) is 0 Å². The number of aliphatic hydroxyl groups is 1. The standard InChI is InChI=1S/C13H20N2O2S/c1-13(2,7-8-16)15-12(17)14-10-5-4-6-11(9-10)18-3/h4-6,9,16H,7-8H2,1-3H3,(H2,14,15,17). The molecule has 18 heavy (non-hydrogen) atoms. The monoisotopic (exact) mass is 268 g/mol. The van der Waals surface area contributed by atoms with Crippen molar-refractivity contribution in [1.29, 1.82) is 0 Å². The molecule has 5 heteroatoms. The van der Waals surface area contributed by atoms with E-state index in [2.05, 4.69) is 10.6 Å². The lowest BCUT2D eigenvalue weighted by molar-refractivity contribution is 0.218. The smallest absolute Gasteiger partial charge is 0.319 e. The summed E-state index contributed by atoms with van der Waals surface area (Å²) < 4.78 is 0. The van der Waals surface area contributed by atoms with Crippen LogP contribution in [0.25, 0.3) is 0 Å². The van der Waals surface area contributed by atoms with Gasteiger partial charge in [-0.3, -0.25) is 0 Å². The molecule has 0 saturated heterocycles. The predicted octanol–water partition coefficient (Wildman–Crippen LogP) is 2.69. The highest BCUT2D eigenvalue weighted by atomic mass is 32.2. The Labute approximate surface area is 112 Å². The van der Waals surface area contributed by atoms with E-state index in [0.717, 1.165) is 10.6 Å². The van der Waals surface area contributed by atoms with Crippen LogP contribution in [0.15, 0.2) is 29.2 Å². The van der Waals surface area contributed by atoms with Gasteiger partial charge < -0.3 is 15.7 Å². The minimum Gasteiger partial charge on any atom is -0.396 e. The molecule has 0 radical (unpaired) electrons. The molecule has 100 valence electrons. The number of hydrogen-bond acceptors (Lipinski definition) is 3. The molecule has 0 unspecified atom stereocenters. The summed E-state index contributed by atoms with van der Waals surface area (Å²) in [4.78, 5) is 12.9. The first-order chi connectivity index (χ1) is 8.46. The van der Waals surface area contributed by atoms with Crippen LogP contribution >= 0.6 is 11.8 Å². The molecular formula is C13H20N2O2S. The number of nitrogens with one attached hydrogen (secondary N) is 2. The van der Waals surface area contributed by atoms with Gasteiger partial charge in [0, 0.05) is 22.7 Å².